The van der Waals surface area contributed by atoms with Crippen LogP contribution in [0.2, 0.25) is 0 Å². The Kier molecular flexibility index (Phi) is 4.69. The van der Waals surface area contributed by atoms with Gasteiger partial charge < -0.3 is 5.32 Å². The molecule has 2 aliphatic rings. The van der Waals surface area contributed by atoms with E-state index in [1.165, 1.54) is 18.2 Å². The first-order chi connectivity index (χ1) is 15.3. The molecule has 1 aliphatic carbocycles. The van der Waals surface area contributed by atoms with Crippen LogP contribution in [0.25, 0.3) is 10.8 Å². The highest BCUT2D eigenvalue weighted by atomic mass is 19.3. The van der Waals surface area contributed by atoms with Gasteiger partial charge >= 0.3 is 0 Å². The number of halogens is 4. The van der Waals surface area contributed by atoms with E-state index in [0.717, 1.165) is 6.07 Å². The Labute approximate surface area is 180 Å². The number of aromatic nitrogens is 2. The number of anilines is 1. The molecule has 2 aromatic carbocycles. The second-order valence-electron chi connectivity index (χ2n) is 8.51. The Bertz CT molecular complexity index is 1320. The molecule has 2 N–H and O–H groups in total. The third kappa shape index (κ3) is 3.30. The van der Waals surface area contributed by atoms with Crippen LogP contribution in [-0.2, 0) is 0 Å². The summed E-state index contributed by atoms with van der Waals surface area (Å²) in [6.45, 7) is 0. The van der Waals surface area contributed by atoms with E-state index in [0.29, 0.717) is 22.3 Å². The quantitative estimate of drug-likeness (QED) is 0.558. The van der Waals surface area contributed by atoms with Crippen molar-refractivity contribution in [1.29, 1.82) is 5.26 Å². The smallest absolute Gasteiger partial charge is 0.272 e. The first kappa shape index (κ1) is 20.5. The molecule has 0 spiro atoms. The normalized spacial score (nSPS) is 22.3. The first-order valence-corrected chi connectivity index (χ1v) is 10.3. The fourth-order valence-electron chi connectivity index (χ4n) is 5.05. The van der Waals surface area contributed by atoms with Gasteiger partial charge in [0.25, 0.3) is 5.56 Å². The summed E-state index contributed by atoms with van der Waals surface area (Å²) in [5, 5.41) is 19.5. The Hall–Kier alpha value is -3.41. The Morgan fingerprint density at radius 3 is 2.56 bits per heavy atom. The molecule has 0 amide bonds. The van der Waals surface area contributed by atoms with Crippen molar-refractivity contribution < 1.29 is 17.6 Å². The zero-order chi connectivity index (χ0) is 22.6. The predicted octanol–water partition coefficient (Wildman–Crippen LogP) is 4.82. The number of nitrogens with zero attached hydrogens (tertiary/aromatic N) is 2. The number of benzene rings is 2. The zero-order valence-corrected chi connectivity index (χ0v) is 16.8. The molecule has 0 saturated heterocycles. The number of hydrogen-bond donors (Lipinski definition) is 2. The van der Waals surface area contributed by atoms with Crippen LogP contribution < -0.4 is 10.9 Å². The van der Waals surface area contributed by atoms with Crippen molar-refractivity contribution in [2.24, 2.45) is 5.92 Å². The van der Waals surface area contributed by atoms with Gasteiger partial charge in [0.15, 0.2) is 0 Å². The van der Waals surface area contributed by atoms with Crippen molar-refractivity contribution in [1.82, 2.24) is 10.2 Å². The third-order valence-corrected chi connectivity index (χ3v) is 6.60. The van der Waals surface area contributed by atoms with Crippen molar-refractivity contribution in [3.8, 4) is 6.07 Å². The summed E-state index contributed by atoms with van der Waals surface area (Å²) in [6.07, 6.45) is -0.0717. The lowest BCUT2D eigenvalue weighted by Gasteiger charge is -2.41. The molecular weight excluding hydrogens is 424 g/mol. The van der Waals surface area contributed by atoms with E-state index in [2.05, 4.69) is 15.5 Å². The van der Waals surface area contributed by atoms with E-state index < -0.39 is 35.1 Å². The molecule has 164 valence electrons. The molecule has 1 aliphatic heterocycles. The molecule has 1 saturated carbocycles. The van der Waals surface area contributed by atoms with Gasteiger partial charge in [0.05, 0.1) is 16.6 Å². The molecule has 2 atom stereocenters. The molecule has 0 bridgehead atoms. The van der Waals surface area contributed by atoms with Crippen LogP contribution in [0.15, 0.2) is 35.1 Å². The van der Waals surface area contributed by atoms with Gasteiger partial charge in [0.2, 0.25) is 5.92 Å². The minimum absolute atomic E-state index is 0.102. The molecule has 1 fully saturated rings. The van der Waals surface area contributed by atoms with Crippen LogP contribution >= 0.6 is 0 Å². The van der Waals surface area contributed by atoms with E-state index >= 15 is 0 Å². The largest absolute Gasteiger partial charge is 0.380 e. The van der Waals surface area contributed by atoms with Gasteiger partial charge in [-0.25, -0.2) is 22.7 Å². The van der Waals surface area contributed by atoms with Gasteiger partial charge in [0.1, 0.15) is 17.7 Å². The lowest BCUT2D eigenvalue weighted by molar-refractivity contribution is -0.0480. The van der Waals surface area contributed by atoms with Gasteiger partial charge in [-0.05, 0) is 48.6 Å². The van der Waals surface area contributed by atoms with Crippen molar-refractivity contribution in [2.75, 3.05) is 5.32 Å². The van der Waals surface area contributed by atoms with E-state index in [1.807, 2.05) is 0 Å². The van der Waals surface area contributed by atoms with Crippen molar-refractivity contribution >= 4 is 16.5 Å². The van der Waals surface area contributed by atoms with Crippen LogP contribution in [0.4, 0.5) is 23.2 Å². The molecule has 9 heteroatoms. The lowest BCUT2D eigenvalue weighted by Crippen LogP contribution is -2.42. The molecule has 5 rings (SSSR count). The highest BCUT2D eigenvalue weighted by molar-refractivity contribution is 5.97. The highest BCUT2D eigenvalue weighted by Crippen LogP contribution is 2.47. The van der Waals surface area contributed by atoms with Crippen LogP contribution in [0, 0.1) is 28.9 Å². The molecule has 3 aromatic rings. The van der Waals surface area contributed by atoms with Gasteiger partial charge in [-0.15, -0.1) is 0 Å². The zero-order valence-electron chi connectivity index (χ0n) is 16.8. The second-order valence-corrected chi connectivity index (χ2v) is 8.51. The third-order valence-electron chi connectivity index (χ3n) is 6.60. The maximum atomic E-state index is 14.5. The summed E-state index contributed by atoms with van der Waals surface area (Å²) < 4.78 is 56.4. The number of nitriles is 1. The van der Waals surface area contributed by atoms with Crippen molar-refractivity contribution in [2.45, 2.75) is 43.6 Å². The van der Waals surface area contributed by atoms with Crippen molar-refractivity contribution in [3.05, 3.63) is 69.1 Å². The van der Waals surface area contributed by atoms with E-state index in [9.17, 15) is 22.4 Å². The van der Waals surface area contributed by atoms with Crippen LogP contribution in [0.1, 0.15) is 48.4 Å². The maximum Gasteiger partial charge on any atom is 0.272 e. The summed E-state index contributed by atoms with van der Waals surface area (Å²) in [5.74, 6) is -4.84. The molecule has 0 radical (unpaired) electrons. The predicted molar refractivity (Wildman–Crippen MR) is 110 cm³/mol. The SMILES string of the molecule is N#Cc1ccc([C@@H]2c3n[nH]c(=O)c4cc(F)cc(c34)N[C@H]2C2CCC(F)(F)CC2)cc1F. The van der Waals surface area contributed by atoms with Gasteiger partial charge in [-0.1, -0.05) is 6.07 Å². The topological polar surface area (TPSA) is 81.6 Å². The van der Waals surface area contributed by atoms with E-state index in [1.54, 1.807) is 12.1 Å². The van der Waals surface area contributed by atoms with E-state index in [-0.39, 0.29) is 42.6 Å². The fourth-order valence-corrected chi connectivity index (χ4v) is 5.05. The van der Waals surface area contributed by atoms with Crippen LogP contribution in [0.3, 0.4) is 0 Å². The number of hydrogen-bond acceptors (Lipinski definition) is 4. The number of nitrogens with one attached hydrogen (secondary N) is 2. The van der Waals surface area contributed by atoms with E-state index in [4.69, 9.17) is 5.26 Å². The summed E-state index contributed by atoms with van der Waals surface area (Å²) in [5.41, 5.74) is 0.591. The summed E-state index contributed by atoms with van der Waals surface area (Å²) in [6, 6.07) is 7.87. The highest BCUT2D eigenvalue weighted by Gasteiger charge is 2.43. The lowest BCUT2D eigenvalue weighted by atomic mass is 9.72. The monoisotopic (exact) mass is 442 g/mol. The molecule has 32 heavy (non-hydrogen) atoms. The Balaban J connectivity index is 1.70. The summed E-state index contributed by atoms with van der Waals surface area (Å²) >= 11 is 0. The Morgan fingerprint density at radius 1 is 1.12 bits per heavy atom. The molecule has 2 heterocycles. The number of aromatic amines is 1. The number of rotatable bonds is 2. The average molecular weight is 442 g/mol. The summed E-state index contributed by atoms with van der Waals surface area (Å²) in [7, 11) is 0. The van der Waals surface area contributed by atoms with Gasteiger partial charge in [-0.2, -0.15) is 10.4 Å². The molecule has 0 unspecified atom stereocenters. The Morgan fingerprint density at radius 2 is 1.88 bits per heavy atom. The van der Waals surface area contributed by atoms with Crippen LogP contribution in [-0.4, -0.2) is 22.2 Å². The average Bonchev–Trinajstić information content (AvgIpc) is 2.75. The molecule has 5 nitrogen and oxygen atoms in total. The second kappa shape index (κ2) is 7.33. The van der Waals surface area contributed by atoms with Gasteiger partial charge in [-0.3, -0.25) is 4.79 Å². The van der Waals surface area contributed by atoms with Gasteiger partial charge in [0, 0.05) is 35.9 Å². The van der Waals surface area contributed by atoms with Crippen LogP contribution in [0.5, 0.6) is 0 Å². The minimum Gasteiger partial charge on any atom is -0.380 e. The minimum atomic E-state index is -2.73. The molecule has 1 aromatic heterocycles. The molecular formula is C23H18F4N4O. The first-order valence-electron chi connectivity index (χ1n) is 10.3. The maximum absolute atomic E-state index is 14.5. The number of H-pyrrole nitrogens is 1. The number of alkyl halides is 2. The standard InChI is InChI=1S/C23H18F4N4O/c24-14-8-15-19-17(9-14)29-20(11-3-5-23(26,27)6-4-11)18(21(19)30-31-22(15)32)12-1-2-13(10-28)16(25)7-12/h1-2,7-9,11,18,20,29H,3-6H2,(H,31,32)/t18-,20-/m0/s1. The fraction of sp³-hybridized carbons (Fsp3) is 0.348. The summed E-state index contributed by atoms with van der Waals surface area (Å²) in [4.78, 5) is 12.3. The van der Waals surface area contributed by atoms with Crippen molar-refractivity contribution in [3.63, 3.8) is 0 Å².